The maximum absolute atomic E-state index is 5.74. The number of hydrogen-bond acceptors (Lipinski definition) is 1. The van der Waals surface area contributed by atoms with Crippen LogP contribution in [0.15, 0.2) is 53.0 Å². The smallest absolute Gasteiger partial charge is 0.120 e. The average molecular weight is 291 g/mol. The molecule has 2 aromatic rings. The molecule has 1 nitrogen and oxygen atoms in total. The van der Waals surface area contributed by atoms with E-state index in [1.165, 1.54) is 11.1 Å². The summed E-state index contributed by atoms with van der Waals surface area (Å²) in [7, 11) is 0. The van der Waals surface area contributed by atoms with Crippen molar-refractivity contribution < 1.29 is 4.74 Å². The standard InChI is InChI=1S/C15H15BrO/c1-2-13-8-9-14(10-15(13)16)17-11-12-6-4-3-5-7-12/h3-10H,2,11H2,1H3. The molecule has 2 rings (SSSR count). The predicted octanol–water partition coefficient (Wildman–Crippen LogP) is 4.59. The van der Waals surface area contributed by atoms with E-state index in [1.54, 1.807) is 0 Å². The Kier molecular flexibility index (Phi) is 4.21. The second kappa shape index (κ2) is 5.87. The summed E-state index contributed by atoms with van der Waals surface area (Å²) in [6, 6.07) is 16.3. The molecule has 0 unspecified atom stereocenters. The van der Waals surface area contributed by atoms with Gasteiger partial charge in [-0.2, -0.15) is 0 Å². The molecule has 2 heteroatoms. The molecule has 0 fully saturated rings. The minimum atomic E-state index is 0.610. The molecule has 0 N–H and O–H groups in total. The largest absolute Gasteiger partial charge is 0.489 e. The van der Waals surface area contributed by atoms with Gasteiger partial charge in [-0.1, -0.05) is 59.3 Å². The normalized spacial score (nSPS) is 10.2. The predicted molar refractivity (Wildman–Crippen MR) is 74.3 cm³/mol. The molecular weight excluding hydrogens is 276 g/mol. The van der Waals surface area contributed by atoms with Crippen LogP contribution < -0.4 is 4.74 Å². The van der Waals surface area contributed by atoms with E-state index in [4.69, 9.17) is 4.74 Å². The summed E-state index contributed by atoms with van der Waals surface area (Å²) >= 11 is 3.55. The van der Waals surface area contributed by atoms with Crippen LogP contribution in [0.4, 0.5) is 0 Å². The number of ether oxygens (including phenoxy) is 1. The fourth-order valence-corrected chi connectivity index (χ4v) is 2.28. The molecule has 0 spiro atoms. The maximum Gasteiger partial charge on any atom is 0.120 e. The van der Waals surface area contributed by atoms with E-state index in [2.05, 4.69) is 41.1 Å². The van der Waals surface area contributed by atoms with Crippen molar-refractivity contribution in [2.24, 2.45) is 0 Å². The van der Waals surface area contributed by atoms with Crippen LogP contribution in [-0.4, -0.2) is 0 Å². The van der Waals surface area contributed by atoms with Gasteiger partial charge in [-0.25, -0.2) is 0 Å². The maximum atomic E-state index is 5.74. The Hall–Kier alpha value is -1.28. The highest BCUT2D eigenvalue weighted by molar-refractivity contribution is 9.10. The lowest BCUT2D eigenvalue weighted by Crippen LogP contribution is -1.95. The first-order valence-electron chi connectivity index (χ1n) is 5.74. The van der Waals surface area contributed by atoms with E-state index in [9.17, 15) is 0 Å². The molecule has 0 bridgehead atoms. The van der Waals surface area contributed by atoms with E-state index in [0.717, 1.165) is 16.6 Å². The average Bonchev–Trinajstić information content (AvgIpc) is 2.38. The minimum Gasteiger partial charge on any atom is -0.489 e. The van der Waals surface area contributed by atoms with Gasteiger partial charge in [-0.3, -0.25) is 0 Å². The highest BCUT2D eigenvalue weighted by Gasteiger charge is 2.00. The second-order valence-electron chi connectivity index (χ2n) is 3.88. The van der Waals surface area contributed by atoms with Gasteiger partial charge < -0.3 is 4.74 Å². The quantitative estimate of drug-likeness (QED) is 0.800. The van der Waals surface area contributed by atoms with E-state index in [0.29, 0.717) is 6.61 Å². The van der Waals surface area contributed by atoms with Crippen LogP contribution in [0.1, 0.15) is 18.1 Å². The Bertz CT molecular complexity index is 480. The SMILES string of the molecule is CCc1ccc(OCc2ccccc2)cc1Br. The molecule has 88 valence electrons. The van der Waals surface area contributed by atoms with E-state index < -0.39 is 0 Å². The van der Waals surface area contributed by atoms with Crippen molar-refractivity contribution in [1.82, 2.24) is 0 Å². The zero-order chi connectivity index (χ0) is 12.1. The van der Waals surface area contributed by atoms with Gasteiger partial charge in [-0.05, 0) is 29.7 Å². The van der Waals surface area contributed by atoms with Crippen LogP contribution in [0.2, 0.25) is 0 Å². The van der Waals surface area contributed by atoms with Gasteiger partial charge in [-0.15, -0.1) is 0 Å². The van der Waals surface area contributed by atoms with Crippen LogP contribution in [0.5, 0.6) is 5.75 Å². The molecule has 0 saturated heterocycles. The van der Waals surface area contributed by atoms with Crippen LogP contribution in [-0.2, 0) is 13.0 Å². The molecule has 2 aromatic carbocycles. The molecule has 0 aliphatic heterocycles. The topological polar surface area (TPSA) is 9.23 Å². The summed E-state index contributed by atoms with van der Waals surface area (Å²) in [4.78, 5) is 0. The van der Waals surface area contributed by atoms with E-state index in [-0.39, 0.29) is 0 Å². The number of halogens is 1. The van der Waals surface area contributed by atoms with Crippen molar-refractivity contribution in [3.05, 3.63) is 64.1 Å². The fourth-order valence-electron chi connectivity index (χ4n) is 1.65. The van der Waals surface area contributed by atoms with Crippen LogP contribution >= 0.6 is 15.9 Å². The van der Waals surface area contributed by atoms with Crippen LogP contribution in [0.3, 0.4) is 0 Å². The Morgan fingerprint density at radius 3 is 2.47 bits per heavy atom. The Balaban J connectivity index is 2.02. The van der Waals surface area contributed by atoms with Crippen molar-refractivity contribution in [1.29, 1.82) is 0 Å². The first-order valence-corrected chi connectivity index (χ1v) is 6.54. The molecule has 0 aromatic heterocycles. The molecule has 0 saturated carbocycles. The van der Waals surface area contributed by atoms with Crippen molar-refractivity contribution in [2.45, 2.75) is 20.0 Å². The monoisotopic (exact) mass is 290 g/mol. The first-order chi connectivity index (χ1) is 8.29. The molecular formula is C15H15BrO. The van der Waals surface area contributed by atoms with Gasteiger partial charge in [0.05, 0.1) is 0 Å². The van der Waals surface area contributed by atoms with Gasteiger partial charge in [0.25, 0.3) is 0 Å². The Morgan fingerprint density at radius 2 is 1.82 bits per heavy atom. The van der Waals surface area contributed by atoms with Crippen LogP contribution in [0, 0.1) is 0 Å². The summed E-state index contributed by atoms with van der Waals surface area (Å²) in [5.74, 6) is 0.901. The zero-order valence-electron chi connectivity index (χ0n) is 9.82. The van der Waals surface area contributed by atoms with Crippen molar-refractivity contribution in [2.75, 3.05) is 0 Å². The summed E-state index contributed by atoms with van der Waals surface area (Å²) in [6.45, 7) is 2.75. The number of aryl methyl sites for hydroxylation is 1. The van der Waals surface area contributed by atoms with Gasteiger partial charge in [0.2, 0.25) is 0 Å². The van der Waals surface area contributed by atoms with Crippen molar-refractivity contribution in [3.63, 3.8) is 0 Å². The molecule has 0 aliphatic carbocycles. The number of benzene rings is 2. The summed E-state index contributed by atoms with van der Waals surface area (Å²) in [5, 5.41) is 0. The summed E-state index contributed by atoms with van der Waals surface area (Å²) < 4.78 is 6.86. The highest BCUT2D eigenvalue weighted by Crippen LogP contribution is 2.24. The zero-order valence-corrected chi connectivity index (χ0v) is 11.4. The Morgan fingerprint density at radius 1 is 1.06 bits per heavy atom. The first kappa shape index (κ1) is 12.2. The van der Waals surface area contributed by atoms with E-state index in [1.807, 2.05) is 30.3 Å². The summed E-state index contributed by atoms with van der Waals surface area (Å²) in [5.41, 5.74) is 2.49. The third-order valence-electron chi connectivity index (χ3n) is 2.65. The molecule has 0 aliphatic rings. The van der Waals surface area contributed by atoms with Gasteiger partial charge in [0.1, 0.15) is 12.4 Å². The van der Waals surface area contributed by atoms with Gasteiger partial charge in [0.15, 0.2) is 0 Å². The van der Waals surface area contributed by atoms with Crippen LogP contribution in [0.25, 0.3) is 0 Å². The lowest BCUT2D eigenvalue weighted by Gasteiger charge is -2.08. The Labute approximate surface area is 111 Å². The molecule has 0 radical (unpaired) electrons. The van der Waals surface area contributed by atoms with Crippen molar-refractivity contribution in [3.8, 4) is 5.75 Å². The second-order valence-corrected chi connectivity index (χ2v) is 4.74. The van der Waals surface area contributed by atoms with Crippen molar-refractivity contribution >= 4 is 15.9 Å². The third-order valence-corrected chi connectivity index (χ3v) is 3.39. The summed E-state index contributed by atoms with van der Waals surface area (Å²) in [6.07, 6.45) is 1.03. The van der Waals surface area contributed by atoms with Gasteiger partial charge in [0, 0.05) is 4.47 Å². The minimum absolute atomic E-state index is 0.610. The highest BCUT2D eigenvalue weighted by atomic mass is 79.9. The molecule has 17 heavy (non-hydrogen) atoms. The van der Waals surface area contributed by atoms with E-state index >= 15 is 0 Å². The lowest BCUT2D eigenvalue weighted by molar-refractivity contribution is 0.306. The number of rotatable bonds is 4. The number of hydrogen-bond donors (Lipinski definition) is 0. The van der Waals surface area contributed by atoms with Gasteiger partial charge >= 0.3 is 0 Å². The molecule has 0 heterocycles. The fraction of sp³-hybridized carbons (Fsp3) is 0.200. The third kappa shape index (κ3) is 3.34. The molecule has 0 amide bonds. The lowest BCUT2D eigenvalue weighted by atomic mass is 10.2. The molecule has 0 atom stereocenters.